The summed E-state index contributed by atoms with van der Waals surface area (Å²) < 4.78 is 1.26. The van der Waals surface area contributed by atoms with Gasteiger partial charge in [-0.2, -0.15) is 0 Å². The zero-order chi connectivity index (χ0) is 13.5. The maximum absolute atomic E-state index is 3.69. The predicted octanol–water partition coefficient (Wildman–Crippen LogP) is 5.69. The number of nitrogens with one attached hydrogen (secondary N) is 1. The van der Waals surface area contributed by atoms with Crippen LogP contribution in [0.1, 0.15) is 62.3 Å². The Kier molecular flexibility index (Phi) is 7.50. The van der Waals surface area contributed by atoms with E-state index in [2.05, 4.69) is 55.0 Å². The molecule has 104 valence electrons. The fourth-order valence-corrected chi connectivity index (χ4v) is 4.16. The van der Waals surface area contributed by atoms with Crippen LogP contribution in [0.15, 0.2) is 10.5 Å². The molecular weight excluding hydrogens is 306 g/mol. The largest absolute Gasteiger partial charge is 0.309 e. The van der Waals surface area contributed by atoms with E-state index in [1.165, 1.54) is 39.9 Å². The van der Waals surface area contributed by atoms with Crippen molar-refractivity contribution >= 4 is 27.3 Å². The molecule has 0 aliphatic heterocycles. The van der Waals surface area contributed by atoms with E-state index in [0.29, 0.717) is 6.04 Å². The highest BCUT2D eigenvalue weighted by molar-refractivity contribution is 9.10. The van der Waals surface area contributed by atoms with Crippen molar-refractivity contribution in [2.45, 2.75) is 59.4 Å². The van der Waals surface area contributed by atoms with Gasteiger partial charge in [0.05, 0.1) is 0 Å². The van der Waals surface area contributed by atoms with Gasteiger partial charge in [-0.1, -0.05) is 40.0 Å². The van der Waals surface area contributed by atoms with Crippen LogP contribution in [-0.2, 0) is 0 Å². The summed E-state index contributed by atoms with van der Waals surface area (Å²) >= 11 is 5.57. The number of aryl methyl sites for hydroxylation is 1. The molecule has 0 spiro atoms. The molecule has 18 heavy (non-hydrogen) atoms. The smallest absolute Gasteiger partial charge is 0.0443 e. The summed E-state index contributed by atoms with van der Waals surface area (Å²) in [5.41, 5.74) is 0. The Bertz CT molecular complexity index is 329. The van der Waals surface area contributed by atoms with Gasteiger partial charge in [-0.3, -0.25) is 0 Å². The second-order valence-corrected chi connectivity index (χ2v) is 7.04. The average molecular weight is 332 g/mol. The topological polar surface area (TPSA) is 12.0 Å². The van der Waals surface area contributed by atoms with Crippen molar-refractivity contribution in [2.24, 2.45) is 5.92 Å². The number of thiophene rings is 1. The molecule has 0 amide bonds. The van der Waals surface area contributed by atoms with Gasteiger partial charge in [-0.25, -0.2) is 0 Å². The third-order valence-electron chi connectivity index (χ3n) is 3.53. The molecule has 0 bridgehead atoms. The Labute approximate surface area is 125 Å². The van der Waals surface area contributed by atoms with Gasteiger partial charge in [0.2, 0.25) is 0 Å². The van der Waals surface area contributed by atoms with E-state index in [-0.39, 0.29) is 0 Å². The van der Waals surface area contributed by atoms with E-state index in [0.717, 1.165) is 12.5 Å². The van der Waals surface area contributed by atoms with Crippen LogP contribution in [0.4, 0.5) is 0 Å². The maximum Gasteiger partial charge on any atom is 0.0443 e. The van der Waals surface area contributed by atoms with Gasteiger partial charge in [0.15, 0.2) is 0 Å². The van der Waals surface area contributed by atoms with Gasteiger partial charge >= 0.3 is 0 Å². The Hall–Kier alpha value is 0.140. The number of rotatable bonds is 8. The highest BCUT2D eigenvalue weighted by Gasteiger charge is 2.22. The highest BCUT2D eigenvalue weighted by Crippen LogP contribution is 2.36. The second-order valence-electron chi connectivity index (χ2n) is 4.90. The number of unbranched alkanes of at least 4 members (excludes halogenated alkanes) is 1. The third kappa shape index (κ3) is 4.36. The Balaban J connectivity index is 2.85. The van der Waals surface area contributed by atoms with Crippen LogP contribution < -0.4 is 5.32 Å². The Morgan fingerprint density at radius 1 is 1.33 bits per heavy atom. The van der Waals surface area contributed by atoms with Crippen LogP contribution in [0.25, 0.3) is 0 Å². The molecule has 0 radical (unpaired) electrons. The second kappa shape index (κ2) is 8.34. The van der Waals surface area contributed by atoms with Crippen molar-refractivity contribution in [1.29, 1.82) is 0 Å². The summed E-state index contributed by atoms with van der Waals surface area (Å²) in [7, 11) is 0. The van der Waals surface area contributed by atoms with Gasteiger partial charge in [0.25, 0.3) is 0 Å². The first-order chi connectivity index (χ1) is 8.63. The first kappa shape index (κ1) is 16.2. The summed E-state index contributed by atoms with van der Waals surface area (Å²) in [6.07, 6.45) is 5.22. The van der Waals surface area contributed by atoms with Crippen molar-refractivity contribution in [1.82, 2.24) is 5.32 Å². The summed E-state index contributed by atoms with van der Waals surface area (Å²) in [6.45, 7) is 10.0. The molecule has 1 nitrogen and oxygen atoms in total. The van der Waals surface area contributed by atoms with Crippen LogP contribution in [0.2, 0.25) is 0 Å². The van der Waals surface area contributed by atoms with Gasteiger partial charge in [0.1, 0.15) is 0 Å². The standard InChI is InChI=1S/C15H26BrNS/c1-5-8-9-12(6-2)15(17-7-3)14-10-13(16)11(4)18-14/h10,12,15,17H,5-9H2,1-4H3. The number of halogens is 1. The molecule has 2 atom stereocenters. The van der Waals surface area contributed by atoms with E-state index in [1.54, 1.807) is 0 Å². The van der Waals surface area contributed by atoms with Crippen LogP contribution >= 0.6 is 27.3 Å². The molecule has 0 saturated carbocycles. The SMILES string of the molecule is CCCCC(CC)C(NCC)c1cc(Br)c(C)s1. The summed E-state index contributed by atoms with van der Waals surface area (Å²) in [5.74, 6) is 0.759. The van der Waals surface area contributed by atoms with E-state index in [4.69, 9.17) is 0 Å². The van der Waals surface area contributed by atoms with Crippen molar-refractivity contribution in [3.05, 3.63) is 20.3 Å². The molecule has 1 heterocycles. The highest BCUT2D eigenvalue weighted by atomic mass is 79.9. The normalized spacial score (nSPS) is 14.7. The number of hydrogen-bond donors (Lipinski definition) is 1. The fourth-order valence-electron chi connectivity index (χ4n) is 2.43. The van der Waals surface area contributed by atoms with Crippen molar-refractivity contribution in [2.75, 3.05) is 6.54 Å². The molecule has 0 aliphatic carbocycles. The number of hydrogen-bond acceptors (Lipinski definition) is 2. The minimum absolute atomic E-state index is 0.529. The van der Waals surface area contributed by atoms with Crippen LogP contribution in [0.3, 0.4) is 0 Å². The first-order valence-electron chi connectivity index (χ1n) is 7.13. The van der Waals surface area contributed by atoms with Gasteiger partial charge in [-0.15, -0.1) is 11.3 Å². The Morgan fingerprint density at radius 2 is 2.06 bits per heavy atom. The predicted molar refractivity (Wildman–Crippen MR) is 86.5 cm³/mol. The zero-order valence-corrected chi connectivity index (χ0v) is 14.5. The molecule has 0 fully saturated rings. The molecule has 0 saturated heterocycles. The van der Waals surface area contributed by atoms with E-state index in [1.807, 2.05) is 11.3 Å². The minimum Gasteiger partial charge on any atom is -0.309 e. The molecule has 0 aliphatic rings. The lowest BCUT2D eigenvalue weighted by Crippen LogP contribution is -2.27. The molecule has 0 aromatic carbocycles. The molecule has 2 unspecified atom stereocenters. The van der Waals surface area contributed by atoms with Crippen molar-refractivity contribution in [3.8, 4) is 0 Å². The van der Waals surface area contributed by atoms with E-state index >= 15 is 0 Å². The average Bonchev–Trinajstić information content (AvgIpc) is 2.69. The molecular formula is C15H26BrNS. The van der Waals surface area contributed by atoms with E-state index < -0.39 is 0 Å². The summed E-state index contributed by atoms with van der Waals surface area (Å²) in [5, 5.41) is 3.69. The first-order valence-corrected chi connectivity index (χ1v) is 8.74. The van der Waals surface area contributed by atoms with Gasteiger partial charge in [0, 0.05) is 20.3 Å². The molecule has 1 N–H and O–H groups in total. The lowest BCUT2D eigenvalue weighted by Gasteiger charge is -2.26. The van der Waals surface area contributed by atoms with Gasteiger partial charge in [-0.05, 0) is 47.8 Å². The molecule has 1 aromatic rings. The summed E-state index contributed by atoms with van der Waals surface area (Å²) in [4.78, 5) is 2.88. The summed E-state index contributed by atoms with van der Waals surface area (Å²) in [6, 6.07) is 2.84. The van der Waals surface area contributed by atoms with E-state index in [9.17, 15) is 0 Å². The van der Waals surface area contributed by atoms with Crippen LogP contribution in [0, 0.1) is 12.8 Å². The van der Waals surface area contributed by atoms with Crippen LogP contribution in [-0.4, -0.2) is 6.54 Å². The van der Waals surface area contributed by atoms with Crippen molar-refractivity contribution < 1.29 is 0 Å². The minimum atomic E-state index is 0.529. The fraction of sp³-hybridized carbons (Fsp3) is 0.733. The zero-order valence-electron chi connectivity index (χ0n) is 12.1. The third-order valence-corrected chi connectivity index (χ3v) is 5.75. The maximum atomic E-state index is 3.69. The molecule has 1 aromatic heterocycles. The van der Waals surface area contributed by atoms with Crippen molar-refractivity contribution in [3.63, 3.8) is 0 Å². The molecule has 1 rings (SSSR count). The molecule has 3 heteroatoms. The lowest BCUT2D eigenvalue weighted by atomic mass is 9.90. The quantitative estimate of drug-likeness (QED) is 0.645. The lowest BCUT2D eigenvalue weighted by molar-refractivity contribution is 0.332. The monoisotopic (exact) mass is 331 g/mol. The van der Waals surface area contributed by atoms with Crippen LogP contribution in [0.5, 0.6) is 0 Å². The van der Waals surface area contributed by atoms with Gasteiger partial charge < -0.3 is 5.32 Å². The Morgan fingerprint density at radius 3 is 2.50 bits per heavy atom.